The maximum atomic E-state index is 12.2. The molecule has 2 aromatic heterocycles. The van der Waals surface area contributed by atoms with Crippen molar-refractivity contribution in [2.45, 2.75) is 32.0 Å². The van der Waals surface area contributed by atoms with Crippen molar-refractivity contribution in [2.75, 3.05) is 11.1 Å². The molecule has 3 rings (SSSR count). The van der Waals surface area contributed by atoms with Crippen molar-refractivity contribution in [3.05, 3.63) is 45.1 Å². The average molecular weight is 390 g/mol. The minimum absolute atomic E-state index is 0.153. The first-order valence-corrected chi connectivity index (χ1v) is 10.0. The van der Waals surface area contributed by atoms with Gasteiger partial charge in [-0.3, -0.25) is 9.36 Å². The van der Waals surface area contributed by atoms with Crippen LogP contribution in [0.5, 0.6) is 0 Å². The van der Waals surface area contributed by atoms with Crippen molar-refractivity contribution in [3.63, 3.8) is 0 Å². The van der Waals surface area contributed by atoms with Gasteiger partial charge in [0.05, 0.1) is 16.5 Å². The van der Waals surface area contributed by atoms with Crippen molar-refractivity contribution in [1.82, 2.24) is 19.7 Å². The number of H-pyrrole nitrogens is 1. The molecule has 0 atom stereocenters. The van der Waals surface area contributed by atoms with Gasteiger partial charge in [0.25, 0.3) is 0 Å². The summed E-state index contributed by atoms with van der Waals surface area (Å²) in [4.78, 5) is 28.4. The Balaban J connectivity index is 1.63. The number of aromatic nitrogens is 4. The van der Waals surface area contributed by atoms with Gasteiger partial charge in [-0.2, -0.15) is 0 Å². The van der Waals surface area contributed by atoms with Crippen LogP contribution in [0.4, 0.5) is 5.69 Å². The fraction of sp³-hybridized carbons (Fsp3) is 0.294. The zero-order valence-corrected chi connectivity index (χ0v) is 16.1. The van der Waals surface area contributed by atoms with E-state index in [1.807, 2.05) is 43.5 Å². The highest BCUT2D eigenvalue weighted by atomic mass is 32.2. The van der Waals surface area contributed by atoms with Crippen molar-refractivity contribution in [1.29, 1.82) is 0 Å². The summed E-state index contributed by atoms with van der Waals surface area (Å²) in [5, 5.41) is 12.8. The van der Waals surface area contributed by atoms with Crippen LogP contribution in [0.2, 0.25) is 0 Å². The Hall–Kier alpha value is -2.39. The molecule has 0 bridgehead atoms. The third kappa shape index (κ3) is 4.41. The molecule has 0 aliphatic rings. The van der Waals surface area contributed by atoms with E-state index in [2.05, 4.69) is 20.5 Å². The molecule has 1 aromatic carbocycles. The van der Waals surface area contributed by atoms with E-state index < -0.39 is 0 Å². The predicted molar refractivity (Wildman–Crippen MR) is 105 cm³/mol. The number of hydrogen-bond donors (Lipinski definition) is 2. The van der Waals surface area contributed by atoms with E-state index in [0.29, 0.717) is 17.4 Å². The molecule has 26 heavy (non-hydrogen) atoms. The monoisotopic (exact) mass is 389 g/mol. The van der Waals surface area contributed by atoms with Crippen LogP contribution in [-0.4, -0.2) is 31.4 Å². The number of aryl methyl sites for hydroxylation is 1. The lowest BCUT2D eigenvalue weighted by atomic mass is 10.1. The highest BCUT2D eigenvalue weighted by Gasteiger charge is 2.11. The number of carbonyl (C=O) groups excluding carboxylic acids is 1. The quantitative estimate of drug-likeness (QED) is 0.606. The normalized spacial score (nSPS) is 10.8. The van der Waals surface area contributed by atoms with E-state index in [0.717, 1.165) is 22.7 Å². The van der Waals surface area contributed by atoms with E-state index in [1.54, 1.807) is 15.9 Å². The molecule has 0 saturated carbocycles. The summed E-state index contributed by atoms with van der Waals surface area (Å²) in [6.45, 7) is 4.52. The number of aromatic amines is 1. The second-order valence-corrected chi connectivity index (χ2v) is 7.64. The minimum atomic E-state index is -0.249. The zero-order valence-electron chi connectivity index (χ0n) is 14.5. The number of benzene rings is 1. The summed E-state index contributed by atoms with van der Waals surface area (Å²) in [5.41, 5.74) is 2.33. The highest BCUT2D eigenvalue weighted by molar-refractivity contribution is 7.99. The number of carbonyl (C=O) groups is 1. The van der Waals surface area contributed by atoms with Gasteiger partial charge < -0.3 is 5.32 Å². The Morgan fingerprint density at radius 2 is 2.27 bits per heavy atom. The summed E-state index contributed by atoms with van der Waals surface area (Å²) in [7, 11) is 0. The second kappa shape index (κ2) is 8.33. The first-order valence-electron chi connectivity index (χ1n) is 8.17. The smallest absolute Gasteiger partial charge is 0.325 e. The van der Waals surface area contributed by atoms with Crippen molar-refractivity contribution >= 4 is 34.7 Å². The van der Waals surface area contributed by atoms with Crippen LogP contribution >= 0.6 is 23.1 Å². The van der Waals surface area contributed by atoms with Crippen LogP contribution in [0, 0.1) is 6.92 Å². The Bertz CT molecular complexity index is 960. The number of thiazole rings is 1. The molecule has 2 heterocycles. The van der Waals surface area contributed by atoms with Gasteiger partial charge in [0.2, 0.25) is 5.91 Å². The Morgan fingerprint density at radius 3 is 3.00 bits per heavy atom. The number of nitrogens with zero attached hydrogens (tertiary/aromatic N) is 3. The first kappa shape index (κ1) is 18.4. The molecule has 0 aliphatic heterocycles. The van der Waals surface area contributed by atoms with E-state index in [1.165, 1.54) is 11.8 Å². The molecular formula is C17H19N5O2S2. The summed E-state index contributed by atoms with van der Waals surface area (Å²) in [5.74, 6) is 0.0220. The molecule has 1 amide bonds. The van der Waals surface area contributed by atoms with Crippen molar-refractivity contribution in [2.24, 2.45) is 0 Å². The third-order valence-electron chi connectivity index (χ3n) is 3.56. The van der Waals surface area contributed by atoms with Gasteiger partial charge >= 0.3 is 5.69 Å². The SMILES string of the molecule is CCCn1c(SCC(=O)Nc2cccc(-c3csc(C)n3)c2)n[nH]c1=O. The molecule has 136 valence electrons. The fourth-order valence-corrected chi connectivity index (χ4v) is 3.81. The van der Waals surface area contributed by atoms with Crippen LogP contribution < -0.4 is 11.0 Å². The molecule has 0 aliphatic carbocycles. The Kier molecular flexibility index (Phi) is 5.89. The first-order chi connectivity index (χ1) is 12.6. The zero-order chi connectivity index (χ0) is 18.5. The van der Waals surface area contributed by atoms with E-state index in [4.69, 9.17) is 0 Å². The second-order valence-electron chi connectivity index (χ2n) is 5.63. The lowest BCUT2D eigenvalue weighted by molar-refractivity contribution is -0.113. The highest BCUT2D eigenvalue weighted by Crippen LogP contribution is 2.24. The third-order valence-corrected chi connectivity index (χ3v) is 5.31. The summed E-state index contributed by atoms with van der Waals surface area (Å²) in [6.07, 6.45) is 0.822. The Labute approximate surface area is 158 Å². The summed E-state index contributed by atoms with van der Waals surface area (Å²) >= 11 is 2.83. The number of rotatable bonds is 7. The molecule has 0 radical (unpaired) electrons. The van der Waals surface area contributed by atoms with Gasteiger partial charge in [0, 0.05) is 23.2 Å². The molecule has 0 spiro atoms. The van der Waals surface area contributed by atoms with Crippen LogP contribution in [0.25, 0.3) is 11.3 Å². The molecular weight excluding hydrogens is 370 g/mol. The Morgan fingerprint density at radius 1 is 1.42 bits per heavy atom. The van der Waals surface area contributed by atoms with Gasteiger partial charge in [-0.15, -0.1) is 16.4 Å². The fourth-order valence-electron chi connectivity index (χ4n) is 2.41. The van der Waals surface area contributed by atoms with E-state index in [9.17, 15) is 9.59 Å². The lowest BCUT2D eigenvalue weighted by Gasteiger charge is -2.07. The maximum absolute atomic E-state index is 12.2. The number of amides is 1. The molecule has 3 aromatic rings. The lowest BCUT2D eigenvalue weighted by Crippen LogP contribution is -2.18. The molecule has 7 nitrogen and oxygen atoms in total. The minimum Gasteiger partial charge on any atom is -0.325 e. The van der Waals surface area contributed by atoms with Gasteiger partial charge in [0.1, 0.15) is 0 Å². The predicted octanol–water partition coefficient (Wildman–Crippen LogP) is 3.14. The molecule has 0 saturated heterocycles. The molecule has 2 N–H and O–H groups in total. The maximum Gasteiger partial charge on any atom is 0.343 e. The van der Waals surface area contributed by atoms with Crippen molar-refractivity contribution in [3.8, 4) is 11.3 Å². The topological polar surface area (TPSA) is 92.7 Å². The number of thioether (sulfide) groups is 1. The van der Waals surface area contributed by atoms with Gasteiger partial charge in [0.15, 0.2) is 5.16 Å². The standard InChI is InChI=1S/C17H19N5O2S2/c1-3-7-22-16(24)20-21-17(22)26-10-15(23)19-13-6-4-5-12(8-13)14-9-25-11(2)18-14/h4-6,8-9H,3,7,10H2,1-2H3,(H,19,23)(H,20,24). The van der Waals surface area contributed by atoms with Crippen LogP contribution in [-0.2, 0) is 11.3 Å². The number of hydrogen-bond acceptors (Lipinski definition) is 6. The summed E-state index contributed by atoms with van der Waals surface area (Å²) in [6, 6.07) is 7.59. The molecule has 0 fully saturated rings. The van der Waals surface area contributed by atoms with E-state index in [-0.39, 0.29) is 17.3 Å². The number of nitrogens with one attached hydrogen (secondary N) is 2. The summed E-state index contributed by atoms with van der Waals surface area (Å²) < 4.78 is 1.54. The van der Waals surface area contributed by atoms with Gasteiger partial charge in [-0.05, 0) is 25.5 Å². The van der Waals surface area contributed by atoms with E-state index >= 15 is 0 Å². The molecule has 9 heteroatoms. The van der Waals surface area contributed by atoms with Crippen molar-refractivity contribution < 1.29 is 4.79 Å². The number of anilines is 1. The van der Waals surface area contributed by atoms with Crippen LogP contribution in [0.3, 0.4) is 0 Å². The molecule has 0 unspecified atom stereocenters. The van der Waals surface area contributed by atoms with Gasteiger partial charge in [-0.1, -0.05) is 30.8 Å². The van der Waals surface area contributed by atoms with Crippen LogP contribution in [0.1, 0.15) is 18.4 Å². The largest absolute Gasteiger partial charge is 0.343 e. The average Bonchev–Trinajstić information content (AvgIpc) is 3.21. The van der Waals surface area contributed by atoms with Crippen LogP contribution in [0.15, 0.2) is 39.6 Å². The van der Waals surface area contributed by atoms with Gasteiger partial charge in [-0.25, -0.2) is 14.9 Å².